The van der Waals surface area contributed by atoms with Crippen LogP contribution in [0.25, 0.3) is 11.4 Å². The van der Waals surface area contributed by atoms with E-state index >= 15 is 0 Å². The standard InChI is InChI=1S/C18H14ClN5O4/c1-10(25)12-6-15-16(28-9-27-15)7-14(12)20-17(26)8-24-22-18(21-23-24)11-4-2-3-5-13(11)19/h2-7H,8-9H2,1H3,(H,20,26). The number of ketones is 1. The molecule has 1 N–H and O–H groups in total. The van der Waals surface area contributed by atoms with Gasteiger partial charge < -0.3 is 14.8 Å². The van der Waals surface area contributed by atoms with Gasteiger partial charge in [-0.2, -0.15) is 4.80 Å². The van der Waals surface area contributed by atoms with Crippen molar-refractivity contribution in [2.45, 2.75) is 13.5 Å². The van der Waals surface area contributed by atoms with Crippen molar-refractivity contribution < 1.29 is 19.1 Å². The van der Waals surface area contributed by atoms with Crippen LogP contribution in [0.15, 0.2) is 36.4 Å². The number of Topliss-reactive ketones (excluding diaryl/α,β-unsaturated/α-hetero) is 1. The third kappa shape index (κ3) is 3.52. The van der Waals surface area contributed by atoms with Crippen molar-refractivity contribution in [3.05, 3.63) is 47.0 Å². The summed E-state index contributed by atoms with van der Waals surface area (Å²) in [6.07, 6.45) is 0. The molecule has 10 heteroatoms. The van der Waals surface area contributed by atoms with Crippen LogP contribution in [0.5, 0.6) is 11.5 Å². The third-order valence-corrected chi connectivity index (χ3v) is 4.35. The average molecular weight is 400 g/mol. The van der Waals surface area contributed by atoms with E-state index in [0.717, 1.165) is 4.80 Å². The van der Waals surface area contributed by atoms with Gasteiger partial charge in [-0.1, -0.05) is 23.7 Å². The van der Waals surface area contributed by atoms with Crippen molar-refractivity contribution >= 4 is 29.0 Å². The SMILES string of the molecule is CC(=O)c1cc2c(cc1NC(=O)Cn1nnc(-c3ccccc3Cl)n1)OCO2. The lowest BCUT2D eigenvalue weighted by atomic mass is 10.1. The van der Waals surface area contributed by atoms with Crippen LogP contribution in [0.1, 0.15) is 17.3 Å². The van der Waals surface area contributed by atoms with Crippen LogP contribution in [0, 0.1) is 0 Å². The van der Waals surface area contributed by atoms with E-state index in [0.29, 0.717) is 39.2 Å². The summed E-state index contributed by atoms with van der Waals surface area (Å²) in [5.41, 5.74) is 1.26. The maximum absolute atomic E-state index is 12.4. The first-order chi connectivity index (χ1) is 13.5. The summed E-state index contributed by atoms with van der Waals surface area (Å²) >= 11 is 6.12. The van der Waals surface area contributed by atoms with Gasteiger partial charge >= 0.3 is 0 Å². The zero-order valence-electron chi connectivity index (χ0n) is 14.7. The molecule has 142 valence electrons. The van der Waals surface area contributed by atoms with Crippen LogP contribution in [0.3, 0.4) is 0 Å². The molecule has 0 atom stereocenters. The summed E-state index contributed by atoms with van der Waals surface area (Å²) < 4.78 is 10.6. The Morgan fingerprint density at radius 2 is 1.96 bits per heavy atom. The fraction of sp³-hybridized carbons (Fsp3) is 0.167. The van der Waals surface area contributed by atoms with Crippen LogP contribution in [-0.2, 0) is 11.3 Å². The first-order valence-corrected chi connectivity index (χ1v) is 8.66. The summed E-state index contributed by atoms with van der Waals surface area (Å²) in [5.74, 6) is 0.592. The monoisotopic (exact) mass is 399 g/mol. The smallest absolute Gasteiger partial charge is 0.248 e. The molecule has 3 aromatic rings. The first kappa shape index (κ1) is 17.9. The van der Waals surface area contributed by atoms with Gasteiger partial charge in [-0.25, -0.2) is 0 Å². The summed E-state index contributed by atoms with van der Waals surface area (Å²) in [6.45, 7) is 1.28. The molecule has 2 aromatic carbocycles. The number of amides is 1. The van der Waals surface area contributed by atoms with Gasteiger partial charge in [0.1, 0.15) is 6.54 Å². The molecule has 1 aliphatic heterocycles. The number of nitrogens with zero attached hydrogens (tertiary/aromatic N) is 4. The first-order valence-electron chi connectivity index (χ1n) is 8.28. The summed E-state index contributed by atoms with van der Waals surface area (Å²) in [7, 11) is 0. The Hall–Kier alpha value is -3.46. The second-order valence-electron chi connectivity index (χ2n) is 5.98. The predicted octanol–water partition coefficient (Wildman–Crippen LogP) is 2.56. The van der Waals surface area contributed by atoms with E-state index in [9.17, 15) is 9.59 Å². The number of ether oxygens (including phenoxy) is 2. The fourth-order valence-electron chi connectivity index (χ4n) is 2.72. The number of fused-ring (bicyclic) bond motifs is 1. The third-order valence-electron chi connectivity index (χ3n) is 4.02. The van der Waals surface area contributed by atoms with Crippen LogP contribution in [0.2, 0.25) is 5.02 Å². The van der Waals surface area contributed by atoms with Gasteiger partial charge in [0.2, 0.25) is 18.5 Å². The predicted molar refractivity (Wildman–Crippen MR) is 99.5 cm³/mol. The van der Waals surface area contributed by atoms with Gasteiger partial charge in [-0.15, -0.1) is 10.2 Å². The average Bonchev–Trinajstić information content (AvgIpc) is 3.30. The van der Waals surface area contributed by atoms with Crippen molar-refractivity contribution in [3.63, 3.8) is 0 Å². The lowest BCUT2D eigenvalue weighted by Crippen LogP contribution is -2.21. The highest BCUT2D eigenvalue weighted by molar-refractivity contribution is 6.33. The fourth-order valence-corrected chi connectivity index (χ4v) is 2.94. The summed E-state index contributed by atoms with van der Waals surface area (Å²) in [5, 5.41) is 15.1. The largest absolute Gasteiger partial charge is 0.454 e. The Bertz CT molecular complexity index is 1080. The van der Waals surface area contributed by atoms with Crippen LogP contribution in [-0.4, -0.2) is 38.7 Å². The molecule has 0 fully saturated rings. The normalized spacial score (nSPS) is 12.1. The molecule has 28 heavy (non-hydrogen) atoms. The highest BCUT2D eigenvalue weighted by Gasteiger charge is 2.21. The van der Waals surface area contributed by atoms with Crippen molar-refractivity contribution in [1.29, 1.82) is 0 Å². The lowest BCUT2D eigenvalue weighted by molar-refractivity contribution is -0.117. The zero-order valence-corrected chi connectivity index (χ0v) is 15.4. The summed E-state index contributed by atoms with van der Waals surface area (Å²) in [6, 6.07) is 10.2. The molecule has 0 bridgehead atoms. The molecule has 0 spiro atoms. The van der Waals surface area contributed by atoms with E-state index in [2.05, 4.69) is 20.7 Å². The summed E-state index contributed by atoms with van der Waals surface area (Å²) in [4.78, 5) is 25.5. The highest BCUT2D eigenvalue weighted by Crippen LogP contribution is 2.37. The molecule has 9 nitrogen and oxygen atoms in total. The minimum Gasteiger partial charge on any atom is -0.454 e. The van der Waals surface area contributed by atoms with E-state index in [1.165, 1.54) is 6.92 Å². The van der Waals surface area contributed by atoms with Gasteiger partial charge in [-0.3, -0.25) is 9.59 Å². The van der Waals surface area contributed by atoms with Gasteiger partial charge in [0.25, 0.3) is 0 Å². The van der Waals surface area contributed by atoms with Crippen molar-refractivity contribution in [3.8, 4) is 22.9 Å². The molecular formula is C18H14ClN5O4. The van der Waals surface area contributed by atoms with Crippen molar-refractivity contribution in [1.82, 2.24) is 20.2 Å². The number of benzene rings is 2. The number of nitrogens with one attached hydrogen (secondary N) is 1. The number of tetrazole rings is 1. The number of halogens is 1. The van der Waals surface area contributed by atoms with Crippen molar-refractivity contribution in [2.24, 2.45) is 0 Å². The molecule has 1 amide bonds. The van der Waals surface area contributed by atoms with E-state index in [1.807, 2.05) is 0 Å². The quantitative estimate of drug-likeness (QED) is 0.657. The minimum atomic E-state index is -0.426. The molecule has 0 unspecified atom stereocenters. The number of rotatable bonds is 5. The van der Waals surface area contributed by atoms with E-state index in [1.54, 1.807) is 36.4 Å². The Labute approximate surface area is 164 Å². The van der Waals surface area contributed by atoms with E-state index in [-0.39, 0.29) is 19.1 Å². The molecule has 0 aliphatic carbocycles. The molecule has 1 aromatic heterocycles. The van der Waals surface area contributed by atoms with Gasteiger partial charge in [0, 0.05) is 17.2 Å². The molecule has 0 saturated heterocycles. The van der Waals surface area contributed by atoms with Gasteiger partial charge in [-0.05, 0) is 30.3 Å². The minimum absolute atomic E-state index is 0.0672. The van der Waals surface area contributed by atoms with Crippen LogP contribution < -0.4 is 14.8 Å². The van der Waals surface area contributed by atoms with Gasteiger partial charge in [0.05, 0.1) is 10.7 Å². The maximum atomic E-state index is 12.4. The second kappa shape index (κ2) is 7.28. The topological polar surface area (TPSA) is 108 Å². The Morgan fingerprint density at radius 1 is 1.21 bits per heavy atom. The lowest BCUT2D eigenvalue weighted by Gasteiger charge is -2.10. The number of hydrogen-bond acceptors (Lipinski definition) is 7. The maximum Gasteiger partial charge on any atom is 0.248 e. The Morgan fingerprint density at radius 3 is 2.71 bits per heavy atom. The molecule has 1 aliphatic rings. The van der Waals surface area contributed by atoms with Crippen LogP contribution in [0.4, 0.5) is 5.69 Å². The second-order valence-corrected chi connectivity index (χ2v) is 6.39. The number of carbonyl (C=O) groups excluding carboxylic acids is 2. The Balaban J connectivity index is 1.51. The van der Waals surface area contributed by atoms with E-state index in [4.69, 9.17) is 21.1 Å². The number of anilines is 1. The molecule has 2 heterocycles. The van der Waals surface area contributed by atoms with E-state index < -0.39 is 5.91 Å². The Kier molecular flexibility index (Phi) is 4.66. The van der Waals surface area contributed by atoms with Crippen molar-refractivity contribution in [2.75, 3.05) is 12.1 Å². The molecule has 4 rings (SSSR count). The zero-order chi connectivity index (χ0) is 19.7. The number of hydrogen-bond donors (Lipinski definition) is 1. The molecule has 0 saturated carbocycles. The molecule has 0 radical (unpaired) electrons. The van der Waals surface area contributed by atoms with Crippen LogP contribution >= 0.6 is 11.6 Å². The number of carbonyl (C=O) groups is 2. The number of aromatic nitrogens is 4. The molecular weight excluding hydrogens is 386 g/mol. The highest BCUT2D eigenvalue weighted by atomic mass is 35.5. The van der Waals surface area contributed by atoms with Gasteiger partial charge in [0.15, 0.2) is 17.3 Å².